The number of hydrogen-bond donors (Lipinski definition) is 1. The van der Waals surface area contributed by atoms with Crippen LogP contribution in [0.15, 0.2) is 42.6 Å². The molecule has 13 heteroatoms. The van der Waals surface area contributed by atoms with E-state index in [1.807, 2.05) is 0 Å². The average molecular weight is 482 g/mol. The van der Waals surface area contributed by atoms with Crippen molar-refractivity contribution in [1.29, 1.82) is 0 Å². The van der Waals surface area contributed by atoms with E-state index in [2.05, 4.69) is 20.5 Å². The van der Waals surface area contributed by atoms with Gasteiger partial charge in [0, 0.05) is 37.0 Å². The second kappa shape index (κ2) is 8.15. The smallest absolute Gasteiger partial charge is 0.346 e. The van der Waals surface area contributed by atoms with Crippen LogP contribution in [0.25, 0.3) is 16.9 Å². The van der Waals surface area contributed by atoms with E-state index in [4.69, 9.17) is 0 Å². The van der Waals surface area contributed by atoms with Crippen LogP contribution in [-0.4, -0.2) is 36.5 Å². The van der Waals surface area contributed by atoms with E-state index in [9.17, 15) is 31.1 Å². The zero-order valence-corrected chi connectivity index (χ0v) is 17.7. The number of nitrogens with zero attached hydrogens (tertiary/aromatic N) is 5. The highest BCUT2D eigenvalue weighted by molar-refractivity contribution is 5.93. The largest absolute Gasteiger partial charge is 0.459 e. The molecular formula is C21H16F6N6O. The Hall–Kier alpha value is -3.90. The zero-order valence-electron chi connectivity index (χ0n) is 17.7. The maximum Gasteiger partial charge on any atom is 0.459 e. The Balaban J connectivity index is 1.77. The molecule has 0 saturated heterocycles. The molecule has 0 aliphatic heterocycles. The average Bonchev–Trinajstić information content (AvgIpc) is 3.33. The summed E-state index contributed by atoms with van der Waals surface area (Å²) in [4.78, 5) is 16.6. The molecule has 0 aliphatic carbocycles. The number of alkyl halides is 5. The van der Waals surface area contributed by atoms with Gasteiger partial charge >= 0.3 is 12.1 Å². The Labute approximate surface area is 188 Å². The topological polar surface area (TPSA) is 77.1 Å². The number of amides is 1. The molecule has 1 amide bonds. The highest BCUT2D eigenvalue weighted by Crippen LogP contribution is 2.44. The first-order chi connectivity index (χ1) is 15.9. The van der Waals surface area contributed by atoms with Crippen LogP contribution in [0.1, 0.15) is 27.4 Å². The number of rotatable bonds is 5. The molecule has 7 nitrogen and oxygen atoms in total. The van der Waals surface area contributed by atoms with Gasteiger partial charge in [-0.05, 0) is 37.3 Å². The summed E-state index contributed by atoms with van der Waals surface area (Å²) in [5.41, 5.74) is -1.21. The summed E-state index contributed by atoms with van der Waals surface area (Å²) >= 11 is 0. The number of aryl methyl sites for hydroxylation is 2. The lowest BCUT2D eigenvalue weighted by Gasteiger charge is -2.21. The van der Waals surface area contributed by atoms with Crippen molar-refractivity contribution in [3.8, 4) is 11.3 Å². The molecule has 1 N–H and O–H groups in total. The Morgan fingerprint density at radius 1 is 1.06 bits per heavy atom. The van der Waals surface area contributed by atoms with Crippen LogP contribution >= 0.6 is 0 Å². The van der Waals surface area contributed by atoms with Crippen LogP contribution in [0.2, 0.25) is 0 Å². The monoisotopic (exact) mass is 482 g/mol. The highest BCUT2D eigenvalue weighted by Gasteiger charge is 2.60. The van der Waals surface area contributed by atoms with Gasteiger partial charge in [0.15, 0.2) is 11.3 Å². The molecule has 4 rings (SSSR count). The molecule has 0 radical (unpaired) electrons. The number of nitrogens with one attached hydrogen (secondary N) is 1. The molecule has 0 unspecified atom stereocenters. The molecule has 34 heavy (non-hydrogen) atoms. The van der Waals surface area contributed by atoms with Crippen LogP contribution in [0.5, 0.6) is 0 Å². The fourth-order valence-electron chi connectivity index (χ4n) is 3.31. The molecule has 3 aromatic heterocycles. The maximum atomic E-state index is 14.4. The number of carbonyl (C=O) groups is 1. The van der Waals surface area contributed by atoms with Crippen LogP contribution < -0.4 is 5.32 Å². The van der Waals surface area contributed by atoms with E-state index in [1.54, 1.807) is 20.2 Å². The Bertz CT molecular complexity index is 1370. The van der Waals surface area contributed by atoms with Crippen molar-refractivity contribution < 1.29 is 31.1 Å². The van der Waals surface area contributed by atoms with Gasteiger partial charge in [-0.3, -0.25) is 9.48 Å². The van der Waals surface area contributed by atoms with Gasteiger partial charge in [-0.1, -0.05) is 0 Å². The van der Waals surface area contributed by atoms with Gasteiger partial charge in [0.05, 0.1) is 11.4 Å². The minimum absolute atomic E-state index is 0.0339. The zero-order chi connectivity index (χ0) is 24.8. The van der Waals surface area contributed by atoms with Crippen LogP contribution in [0, 0.1) is 12.7 Å². The van der Waals surface area contributed by atoms with Crippen molar-refractivity contribution in [2.75, 3.05) is 0 Å². The first kappa shape index (κ1) is 23.3. The lowest BCUT2D eigenvalue weighted by molar-refractivity contribution is -0.291. The molecule has 0 saturated carbocycles. The molecule has 178 valence electrons. The molecule has 0 aliphatic rings. The number of benzene rings is 1. The second-order valence-electron chi connectivity index (χ2n) is 7.50. The van der Waals surface area contributed by atoms with Crippen LogP contribution in [-0.2, 0) is 19.5 Å². The molecule has 3 heterocycles. The van der Waals surface area contributed by atoms with Gasteiger partial charge in [0.1, 0.15) is 11.5 Å². The van der Waals surface area contributed by atoms with Gasteiger partial charge in [0.25, 0.3) is 5.91 Å². The maximum absolute atomic E-state index is 14.4. The summed E-state index contributed by atoms with van der Waals surface area (Å²) in [5, 5.41) is 10.3. The van der Waals surface area contributed by atoms with E-state index in [0.717, 1.165) is 18.2 Å². The third kappa shape index (κ3) is 4.20. The van der Waals surface area contributed by atoms with Crippen molar-refractivity contribution >= 4 is 11.6 Å². The third-order valence-electron chi connectivity index (χ3n) is 5.03. The lowest BCUT2D eigenvalue weighted by Crippen LogP contribution is -2.36. The summed E-state index contributed by atoms with van der Waals surface area (Å²) in [6.45, 7) is 1.75. The summed E-state index contributed by atoms with van der Waals surface area (Å²) < 4.78 is 83.4. The molecule has 0 atom stereocenters. The second-order valence-corrected chi connectivity index (χ2v) is 7.50. The fraction of sp³-hybridized carbons (Fsp3) is 0.238. The van der Waals surface area contributed by atoms with Crippen molar-refractivity contribution in [1.82, 2.24) is 29.7 Å². The van der Waals surface area contributed by atoms with E-state index < -0.39 is 40.9 Å². The number of aromatic nitrogens is 5. The number of halogens is 6. The van der Waals surface area contributed by atoms with Crippen LogP contribution in [0.4, 0.5) is 26.3 Å². The Morgan fingerprint density at radius 3 is 2.32 bits per heavy atom. The van der Waals surface area contributed by atoms with E-state index in [1.165, 1.54) is 16.8 Å². The number of carbonyl (C=O) groups excluding carboxylic acids is 1. The first-order valence-corrected chi connectivity index (χ1v) is 9.76. The minimum atomic E-state index is -5.94. The highest BCUT2D eigenvalue weighted by atomic mass is 19.4. The van der Waals surface area contributed by atoms with Gasteiger partial charge in [-0.2, -0.15) is 32.1 Å². The fourth-order valence-corrected chi connectivity index (χ4v) is 3.31. The minimum Gasteiger partial charge on any atom is -0.346 e. The molecule has 0 spiro atoms. The van der Waals surface area contributed by atoms with Crippen molar-refractivity contribution in [3.63, 3.8) is 0 Å². The Morgan fingerprint density at radius 2 is 1.74 bits per heavy atom. The van der Waals surface area contributed by atoms with Gasteiger partial charge < -0.3 is 5.32 Å². The normalized spacial score (nSPS) is 12.4. The SMILES string of the molecule is Cc1nn(C)cc1CNC(=O)c1cc2nc(-c3ccc(F)cc3)cc(C(F)(F)C(F)(F)F)n2n1. The summed E-state index contributed by atoms with van der Waals surface area (Å²) in [6, 6.07) is 5.90. The molecule has 0 fully saturated rings. The van der Waals surface area contributed by atoms with Crippen molar-refractivity contribution in [3.05, 3.63) is 71.1 Å². The number of hydrogen-bond acceptors (Lipinski definition) is 4. The Kier molecular flexibility index (Phi) is 5.58. The summed E-state index contributed by atoms with van der Waals surface area (Å²) in [5.74, 6) is -6.74. The van der Waals surface area contributed by atoms with Crippen molar-refractivity contribution in [2.24, 2.45) is 7.05 Å². The predicted molar refractivity (Wildman–Crippen MR) is 107 cm³/mol. The quantitative estimate of drug-likeness (QED) is 0.434. The van der Waals surface area contributed by atoms with Gasteiger partial charge in [0.2, 0.25) is 0 Å². The molecular weight excluding hydrogens is 466 g/mol. The lowest BCUT2D eigenvalue weighted by atomic mass is 10.1. The summed E-state index contributed by atoms with van der Waals surface area (Å²) in [7, 11) is 1.69. The standard InChI is InChI=1S/C21H16F6N6O/c1-11-13(10-32(2)30-11)9-28-19(34)16-8-18-29-15(12-3-5-14(22)6-4-12)7-17(33(18)31-16)20(23,24)21(25,26)27/h3-8,10H,9H2,1-2H3,(H,28,34). The first-order valence-electron chi connectivity index (χ1n) is 9.76. The van der Waals surface area contributed by atoms with Crippen LogP contribution in [0.3, 0.4) is 0 Å². The molecule has 4 aromatic rings. The van der Waals surface area contributed by atoms with Gasteiger partial charge in [-0.15, -0.1) is 0 Å². The van der Waals surface area contributed by atoms with Crippen molar-refractivity contribution in [2.45, 2.75) is 25.6 Å². The predicted octanol–water partition coefficient (Wildman–Crippen LogP) is 4.16. The molecule has 1 aromatic carbocycles. The van der Waals surface area contributed by atoms with E-state index in [0.29, 0.717) is 17.3 Å². The third-order valence-corrected chi connectivity index (χ3v) is 5.03. The van der Waals surface area contributed by atoms with E-state index in [-0.39, 0.29) is 22.3 Å². The molecule has 0 bridgehead atoms. The summed E-state index contributed by atoms with van der Waals surface area (Å²) in [6.07, 6.45) is -4.27. The van der Waals surface area contributed by atoms with Gasteiger partial charge in [-0.25, -0.2) is 13.9 Å². The van der Waals surface area contributed by atoms with E-state index >= 15 is 0 Å². The number of fused-ring (bicyclic) bond motifs is 1.